The molecule has 3 unspecified atom stereocenters. The van der Waals surface area contributed by atoms with E-state index in [9.17, 15) is 0 Å². The van der Waals surface area contributed by atoms with E-state index in [1.165, 1.54) is 32.1 Å². The fourth-order valence-electron chi connectivity index (χ4n) is 2.36. The molecule has 1 rings (SSSR count). The van der Waals surface area contributed by atoms with E-state index < -0.39 is 0 Å². The van der Waals surface area contributed by atoms with Gasteiger partial charge in [0, 0.05) is 6.04 Å². The SMILES string of the molecule is C=CCCCC(NCCC)C1CCC(C)O1. The molecule has 0 aromatic rings. The van der Waals surface area contributed by atoms with Gasteiger partial charge in [-0.15, -0.1) is 6.58 Å². The molecule has 0 aliphatic carbocycles. The molecule has 1 heterocycles. The molecule has 1 saturated heterocycles. The lowest BCUT2D eigenvalue weighted by Gasteiger charge is -2.24. The molecule has 3 atom stereocenters. The smallest absolute Gasteiger partial charge is 0.0732 e. The maximum atomic E-state index is 5.96. The predicted molar refractivity (Wildman–Crippen MR) is 69.7 cm³/mol. The van der Waals surface area contributed by atoms with Gasteiger partial charge in [0.1, 0.15) is 0 Å². The van der Waals surface area contributed by atoms with Crippen LogP contribution in [-0.4, -0.2) is 24.8 Å². The minimum absolute atomic E-state index is 0.436. The summed E-state index contributed by atoms with van der Waals surface area (Å²) in [7, 11) is 0. The first-order chi connectivity index (χ1) is 7.77. The van der Waals surface area contributed by atoms with Crippen LogP contribution in [0.4, 0.5) is 0 Å². The van der Waals surface area contributed by atoms with Crippen molar-refractivity contribution in [1.29, 1.82) is 0 Å². The molecule has 94 valence electrons. The lowest BCUT2D eigenvalue weighted by molar-refractivity contribution is 0.0297. The maximum Gasteiger partial charge on any atom is 0.0732 e. The molecule has 0 aromatic heterocycles. The first-order valence-corrected chi connectivity index (χ1v) is 6.77. The molecule has 0 amide bonds. The summed E-state index contributed by atoms with van der Waals surface area (Å²) in [6, 6.07) is 0.546. The van der Waals surface area contributed by atoms with Crippen LogP contribution >= 0.6 is 0 Å². The summed E-state index contributed by atoms with van der Waals surface area (Å²) in [5, 5.41) is 3.63. The van der Waals surface area contributed by atoms with Gasteiger partial charge in [0.25, 0.3) is 0 Å². The van der Waals surface area contributed by atoms with Crippen molar-refractivity contribution in [3.63, 3.8) is 0 Å². The van der Waals surface area contributed by atoms with Crippen LogP contribution in [0, 0.1) is 0 Å². The van der Waals surface area contributed by atoms with Crippen molar-refractivity contribution in [3.8, 4) is 0 Å². The molecular formula is C14H27NO. The normalized spacial score (nSPS) is 26.9. The number of allylic oxidation sites excluding steroid dienone is 1. The third kappa shape index (κ3) is 4.67. The van der Waals surface area contributed by atoms with Gasteiger partial charge >= 0.3 is 0 Å². The summed E-state index contributed by atoms with van der Waals surface area (Å²) in [6.45, 7) is 9.28. The molecule has 2 heteroatoms. The Balaban J connectivity index is 2.33. The number of rotatable bonds is 8. The van der Waals surface area contributed by atoms with Crippen molar-refractivity contribution >= 4 is 0 Å². The molecule has 1 N–H and O–H groups in total. The highest BCUT2D eigenvalue weighted by atomic mass is 16.5. The monoisotopic (exact) mass is 225 g/mol. The summed E-state index contributed by atoms with van der Waals surface area (Å²) >= 11 is 0. The van der Waals surface area contributed by atoms with Gasteiger partial charge in [-0.3, -0.25) is 0 Å². The fourth-order valence-corrected chi connectivity index (χ4v) is 2.36. The van der Waals surface area contributed by atoms with Crippen LogP contribution in [-0.2, 0) is 4.74 Å². The fraction of sp³-hybridized carbons (Fsp3) is 0.857. The molecule has 16 heavy (non-hydrogen) atoms. The highest BCUT2D eigenvalue weighted by molar-refractivity contribution is 4.83. The van der Waals surface area contributed by atoms with Crippen molar-refractivity contribution in [2.75, 3.05) is 6.54 Å². The first kappa shape index (κ1) is 13.7. The van der Waals surface area contributed by atoms with Crippen LogP contribution in [0.5, 0.6) is 0 Å². The van der Waals surface area contributed by atoms with Crippen LogP contribution in [0.2, 0.25) is 0 Å². The second-order valence-corrected chi connectivity index (χ2v) is 4.84. The number of nitrogens with one attached hydrogen (secondary N) is 1. The van der Waals surface area contributed by atoms with Crippen molar-refractivity contribution in [2.24, 2.45) is 0 Å². The predicted octanol–water partition coefficient (Wildman–Crippen LogP) is 3.28. The van der Waals surface area contributed by atoms with E-state index in [1.807, 2.05) is 6.08 Å². The average molecular weight is 225 g/mol. The Morgan fingerprint density at radius 2 is 2.31 bits per heavy atom. The second kappa shape index (κ2) is 7.86. The van der Waals surface area contributed by atoms with Crippen LogP contribution in [0.25, 0.3) is 0 Å². The van der Waals surface area contributed by atoms with Crippen LogP contribution in [0.3, 0.4) is 0 Å². The average Bonchev–Trinajstić information content (AvgIpc) is 2.70. The van der Waals surface area contributed by atoms with Gasteiger partial charge in [0.15, 0.2) is 0 Å². The van der Waals surface area contributed by atoms with Crippen LogP contribution in [0.15, 0.2) is 12.7 Å². The third-order valence-electron chi connectivity index (χ3n) is 3.29. The first-order valence-electron chi connectivity index (χ1n) is 6.77. The molecular weight excluding hydrogens is 198 g/mol. The van der Waals surface area contributed by atoms with Gasteiger partial charge in [-0.2, -0.15) is 0 Å². The molecule has 2 nitrogen and oxygen atoms in total. The van der Waals surface area contributed by atoms with Gasteiger partial charge < -0.3 is 10.1 Å². The number of unbranched alkanes of at least 4 members (excludes halogenated alkanes) is 1. The van der Waals surface area contributed by atoms with Crippen molar-refractivity contribution in [2.45, 2.75) is 70.6 Å². The van der Waals surface area contributed by atoms with Crippen LogP contribution < -0.4 is 5.32 Å². The molecule has 0 aromatic carbocycles. The van der Waals surface area contributed by atoms with Gasteiger partial charge in [-0.25, -0.2) is 0 Å². The lowest BCUT2D eigenvalue weighted by Crippen LogP contribution is -2.40. The number of hydrogen-bond donors (Lipinski definition) is 1. The maximum absolute atomic E-state index is 5.96. The van der Waals surface area contributed by atoms with E-state index >= 15 is 0 Å². The Bertz CT molecular complexity index is 193. The van der Waals surface area contributed by atoms with E-state index in [0.29, 0.717) is 18.2 Å². The van der Waals surface area contributed by atoms with Gasteiger partial charge in [0.05, 0.1) is 12.2 Å². The minimum atomic E-state index is 0.436. The molecule has 0 saturated carbocycles. The molecule has 0 spiro atoms. The topological polar surface area (TPSA) is 21.3 Å². The van der Waals surface area contributed by atoms with Gasteiger partial charge in [-0.05, 0) is 52.0 Å². The Morgan fingerprint density at radius 3 is 2.88 bits per heavy atom. The Kier molecular flexibility index (Phi) is 6.74. The molecule has 1 fully saturated rings. The molecule has 0 radical (unpaired) electrons. The highest BCUT2D eigenvalue weighted by Crippen LogP contribution is 2.24. The Hall–Kier alpha value is -0.340. The van der Waals surface area contributed by atoms with Crippen molar-refractivity contribution < 1.29 is 4.74 Å². The van der Waals surface area contributed by atoms with Crippen molar-refractivity contribution in [1.82, 2.24) is 5.32 Å². The zero-order valence-corrected chi connectivity index (χ0v) is 10.9. The van der Waals surface area contributed by atoms with E-state index in [1.54, 1.807) is 0 Å². The third-order valence-corrected chi connectivity index (χ3v) is 3.29. The van der Waals surface area contributed by atoms with E-state index in [2.05, 4.69) is 25.7 Å². The minimum Gasteiger partial charge on any atom is -0.374 e. The Labute approximate surface area is 100 Å². The summed E-state index contributed by atoms with van der Waals surface area (Å²) in [5.41, 5.74) is 0. The lowest BCUT2D eigenvalue weighted by atomic mass is 10.0. The highest BCUT2D eigenvalue weighted by Gasteiger charge is 2.28. The summed E-state index contributed by atoms with van der Waals surface area (Å²) in [6.07, 6.45) is 10.1. The van der Waals surface area contributed by atoms with Crippen molar-refractivity contribution in [3.05, 3.63) is 12.7 Å². The number of hydrogen-bond acceptors (Lipinski definition) is 2. The molecule has 1 aliphatic rings. The summed E-state index contributed by atoms with van der Waals surface area (Å²) < 4.78 is 5.96. The molecule has 0 bridgehead atoms. The zero-order valence-electron chi connectivity index (χ0n) is 10.9. The van der Waals surface area contributed by atoms with E-state index in [0.717, 1.165) is 13.0 Å². The van der Waals surface area contributed by atoms with Gasteiger partial charge in [0.2, 0.25) is 0 Å². The largest absolute Gasteiger partial charge is 0.374 e. The van der Waals surface area contributed by atoms with Crippen LogP contribution in [0.1, 0.15) is 52.4 Å². The summed E-state index contributed by atoms with van der Waals surface area (Å²) in [5.74, 6) is 0. The quantitative estimate of drug-likeness (QED) is 0.505. The Morgan fingerprint density at radius 1 is 1.50 bits per heavy atom. The standard InChI is InChI=1S/C14H27NO/c1-4-6-7-8-13(15-11-5-2)14-10-9-12(3)16-14/h4,12-15H,1,5-11H2,2-3H3. The van der Waals surface area contributed by atoms with E-state index in [-0.39, 0.29) is 0 Å². The molecule has 1 aliphatic heterocycles. The summed E-state index contributed by atoms with van der Waals surface area (Å²) in [4.78, 5) is 0. The van der Waals surface area contributed by atoms with E-state index in [4.69, 9.17) is 4.74 Å². The zero-order chi connectivity index (χ0) is 11.8. The van der Waals surface area contributed by atoms with Gasteiger partial charge in [-0.1, -0.05) is 13.0 Å². The second-order valence-electron chi connectivity index (χ2n) is 4.84. The number of ether oxygens (including phenoxy) is 1.